The fourth-order valence-electron chi connectivity index (χ4n) is 2.25. The van der Waals surface area contributed by atoms with E-state index in [2.05, 4.69) is 37.4 Å². The minimum absolute atomic E-state index is 0.0742. The van der Waals surface area contributed by atoms with Gasteiger partial charge in [0.1, 0.15) is 0 Å². The third-order valence-electron chi connectivity index (χ3n) is 3.16. The predicted molar refractivity (Wildman–Crippen MR) is 76.9 cm³/mol. The molecule has 0 bridgehead atoms. The van der Waals surface area contributed by atoms with Crippen molar-refractivity contribution in [3.63, 3.8) is 0 Å². The van der Waals surface area contributed by atoms with Crippen LogP contribution in [-0.4, -0.2) is 17.8 Å². The fraction of sp³-hybridized carbons (Fsp3) is 0.571. The van der Waals surface area contributed by atoms with Gasteiger partial charge in [0.15, 0.2) is 0 Å². The predicted octanol–water partition coefficient (Wildman–Crippen LogP) is 3.26. The third-order valence-corrected chi connectivity index (χ3v) is 4.36. The van der Waals surface area contributed by atoms with Crippen molar-refractivity contribution in [1.82, 2.24) is 0 Å². The molecule has 1 heterocycles. The van der Waals surface area contributed by atoms with Gasteiger partial charge >= 0.3 is 0 Å². The van der Waals surface area contributed by atoms with E-state index >= 15 is 0 Å². The second kappa shape index (κ2) is 5.32. The minimum atomic E-state index is 0.0742. The van der Waals surface area contributed by atoms with Crippen LogP contribution in [0.1, 0.15) is 32.3 Å². The van der Waals surface area contributed by atoms with E-state index < -0.39 is 0 Å². The second-order valence-electron chi connectivity index (χ2n) is 5.32. The van der Waals surface area contributed by atoms with Crippen molar-refractivity contribution in [3.05, 3.63) is 23.8 Å². The highest BCUT2D eigenvalue weighted by Gasteiger charge is 2.17. The van der Waals surface area contributed by atoms with Gasteiger partial charge in [0.2, 0.25) is 0 Å². The number of fused-ring (bicyclic) bond motifs is 1. The first-order chi connectivity index (χ1) is 8.11. The Kier molecular flexibility index (Phi) is 4.00. The van der Waals surface area contributed by atoms with Crippen LogP contribution in [0.25, 0.3) is 0 Å². The van der Waals surface area contributed by atoms with E-state index in [1.807, 2.05) is 11.8 Å². The molecule has 0 atom stereocenters. The van der Waals surface area contributed by atoms with Crippen molar-refractivity contribution in [2.75, 3.05) is 17.6 Å². The van der Waals surface area contributed by atoms with Crippen molar-refractivity contribution in [2.45, 2.75) is 43.5 Å². The number of nitrogens with one attached hydrogen (secondary N) is 1. The van der Waals surface area contributed by atoms with Gasteiger partial charge in [0.05, 0.1) is 0 Å². The molecule has 1 aliphatic rings. The van der Waals surface area contributed by atoms with Crippen LogP contribution in [0.5, 0.6) is 0 Å². The van der Waals surface area contributed by atoms with Crippen LogP contribution >= 0.6 is 11.8 Å². The topological polar surface area (TPSA) is 38.0 Å². The van der Waals surface area contributed by atoms with Crippen LogP contribution < -0.4 is 11.1 Å². The number of thioether (sulfide) groups is 1. The molecule has 0 saturated carbocycles. The number of hydrogen-bond donors (Lipinski definition) is 2. The molecule has 0 saturated heterocycles. The van der Waals surface area contributed by atoms with E-state index in [1.165, 1.54) is 34.7 Å². The highest BCUT2D eigenvalue weighted by atomic mass is 32.2. The van der Waals surface area contributed by atoms with Gasteiger partial charge in [-0.25, -0.2) is 0 Å². The Balaban J connectivity index is 2.11. The largest absolute Gasteiger partial charge is 0.380 e. The van der Waals surface area contributed by atoms with E-state index in [4.69, 9.17) is 5.73 Å². The molecule has 0 radical (unpaired) electrons. The first-order valence-corrected chi connectivity index (χ1v) is 7.33. The Labute approximate surface area is 108 Å². The Morgan fingerprint density at radius 2 is 2.24 bits per heavy atom. The summed E-state index contributed by atoms with van der Waals surface area (Å²) in [6, 6.07) is 6.75. The molecule has 0 aromatic heterocycles. The lowest BCUT2D eigenvalue weighted by Crippen LogP contribution is -2.33. The molecule has 17 heavy (non-hydrogen) atoms. The van der Waals surface area contributed by atoms with Gasteiger partial charge in [-0.1, -0.05) is 0 Å². The first-order valence-electron chi connectivity index (χ1n) is 6.35. The summed E-state index contributed by atoms with van der Waals surface area (Å²) in [4.78, 5) is 1.46. The van der Waals surface area contributed by atoms with E-state index in [-0.39, 0.29) is 5.54 Å². The quantitative estimate of drug-likeness (QED) is 0.861. The maximum atomic E-state index is 5.64. The minimum Gasteiger partial charge on any atom is -0.380 e. The highest BCUT2D eigenvalue weighted by molar-refractivity contribution is 7.99. The Bertz CT molecular complexity index is 388. The SMILES string of the molecule is CC(C)(CCN)Nc1ccc2c(c1)CCCS2. The van der Waals surface area contributed by atoms with Crippen LogP contribution in [-0.2, 0) is 6.42 Å². The lowest BCUT2D eigenvalue weighted by molar-refractivity contribution is 0.526. The molecule has 3 N–H and O–H groups in total. The van der Waals surface area contributed by atoms with E-state index in [0.717, 1.165) is 13.0 Å². The summed E-state index contributed by atoms with van der Waals surface area (Å²) in [5.41, 5.74) is 8.43. The third kappa shape index (κ3) is 3.39. The van der Waals surface area contributed by atoms with Gasteiger partial charge in [-0.15, -0.1) is 11.8 Å². The van der Waals surface area contributed by atoms with Gasteiger partial charge in [-0.05, 0) is 69.2 Å². The summed E-state index contributed by atoms with van der Waals surface area (Å²) in [6.07, 6.45) is 3.50. The summed E-state index contributed by atoms with van der Waals surface area (Å²) in [7, 11) is 0. The van der Waals surface area contributed by atoms with E-state index in [1.54, 1.807) is 0 Å². The number of nitrogens with two attached hydrogens (primary N) is 1. The standard InChI is InChI=1S/C14H22N2S/c1-14(2,7-8-15)16-12-5-6-13-11(10-12)4-3-9-17-13/h5-6,10,16H,3-4,7-9,15H2,1-2H3. The molecule has 2 rings (SSSR count). The number of anilines is 1. The van der Waals surface area contributed by atoms with Gasteiger partial charge in [-0.2, -0.15) is 0 Å². The van der Waals surface area contributed by atoms with E-state index in [0.29, 0.717) is 0 Å². The zero-order valence-electron chi connectivity index (χ0n) is 10.8. The van der Waals surface area contributed by atoms with Crippen LogP contribution in [0.15, 0.2) is 23.1 Å². The Morgan fingerprint density at radius 3 is 3.00 bits per heavy atom. The average Bonchev–Trinajstić information content (AvgIpc) is 2.28. The monoisotopic (exact) mass is 250 g/mol. The van der Waals surface area contributed by atoms with Crippen LogP contribution in [0.2, 0.25) is 0 Å². The Hall–Kier alpha value is -0.670. The van der Waals surface area contributed by atoms with Crippen LogP contribution in [0, 0.1) is 0 Å². The van der Waals surface area contributed by atoms with Crippen molar-refractivity contribution in [3.8, 4) is 0 Å². The van der Waals surface area contributed by atoms with Gasteiger partial charge in [-0.3, -0.25) is 0 Å². The van der Waals surface area contributed by atoms with Gasteiger partial charge < -0.3 is 11.1 Å². The van der Waals surface area contributed by atoms with Crippen molar-refractivity contribution in [2.24, 2.45) is 5.73 Å². The van der Waals surface area contributed by atoms with Crippen molar-refractivity contribution < 1.29 is 0 Å². The number of hydrogen-bond acceptors (Lipinski definition) is 3. The van der Waals surface area contributed by atoms with Crippen molar-refractivity contribution in [1.29, 1.82) is 0 Å². The summed E-state index contributed by atoms with van der Waals surface area (Å²) >= 11 is 1.98. The maximum Gasteiger partial charge on any atom is 0.0347 e. The highest BCUT2D eigenvalue weighted by Crippen LogP contribution is 2.32. The summed E-state index contributed by atoms with van der Waals surface area (Å²) in [6.45, 7) is 5.13. The lowest BCUT2D eigenvalue weighted by Gasteiger charge is -2.28. The fourth-order valence-corrected chi connectivity index (χ4v) is 3.27. The molecule has 3 heteroatoms. The molecular formula is C14H22N2S. The smallest absolute Gasteiger partial charge is 0.0347 e. The second-order valence-corrected chi connectivity index (χ2v) is 6.46. The molecule has 0 unspecified atom stereocenters. The summed E-state index contributed by atoms with van der Waals surface area (Å²) < 4.78 is 0. The number of rotatable bonds is 4. The van der Waals surface area contributed by atoms with Crippen molar-refractivity contribution >= 4 is 17.4 Å². The average molecular weight is 250 g/mol. The van der Waals surface area contributed by atoms with Gasteiger partial charge in [0, 0.05) is 16.1 Å². The molecule has 1 aromatic rings. The molecule has 94 valence electrons. The summed E-state index contributed by atoms with van der Waals surface area (Å²) in [5, 5.41) is 3.58. The maximum absolute atomic E-state index is 5.64. The first kappa shape index (κ1) is 12.8. The molecule has 0 aliphatic carbocycles. The zero-order valence-corrected chi connectivity index (χ0v) is 11.6. The number of aryl methyl sites for hydroxylation is 1. The molecular weight excluding hydrogens is 228 g/mol. The molecule has 0 spiro atoms. The summed E-state index contributed by atoms with van der Waals surface area (Å²) in [5.74, 6) is 1.26. The molecule has 1 aromatic carbocycles. The lowest BCUT2D eigenvalue weighted by atomic mass is 9.99. The molecule has 1 aliphatic heterocycles. The molecule has 0 amide bonds. The zero-order chi connectivity index (χ0) is 12.3. The number of benzene rings is 1. The Morgan fingerprint density at radius 1 is 1.41 bits per heavy atom. The van der Waals surface area contributed by atoms with Crippen LogP contribution in [0.3, 0.4) is 0 Å². The van der Waals surface area contributed by atoms with Gasteiger partial charge in [0.25, 0.3) is 0 Å². The molecule has 0 fully saturated rings. The molecule has 2 nitrogen and oxygen atoms in total. The van der Waals surface area contributed by atoms with E-state index in [9.17, 15) is 0 Å². The van der Waals surface area contributed by atoms with Crippen LogP contribution in [0.4, 0.5) is 5.69 Å². The normalized spacial score (nSPS) is 15.5.